The second-order valence-electron chi connectivity index (χ2n) is 7.30. The summed E-state index contributed by atoms with van der Waals surface area (Å²) >= 11 is 0. The molecule has 4 rings (SSSR count). The van der Waals surface area contributed by atoms with E-state index in [1.807, 2.05) is 30.3 Å². The van der Waals surface area contributed by atoms with Crippen molar-refractivity contribution in [2.45, 2.75) is 19.8 Å². The van der Waals surface area contributed by atoms with Crippen LogP contribution in [0, 0.1) is 5.92 Å². The summed E-state index contributed by atoms with van der Waals surface area (Å²) in [5.41, 5.74) is 0.975. The molecule has 1 aliphatic rings. The molecule has 3 heterocycles. The number of hydrogen-bond donors (Lipinski definition) is 0. The molecule has 0 spiro atoms. The molecule has 9 nitrogen and oxygen atoms in total. The number of para-hydroxylation sites is 1. The zero-order valence-electron chi connectivity index (χ0n) is 16.9. The van der Waals surface area contributed by atoms with Crippen LogP contribution in [0.2, 0.25) is 0 Å². The van der Waals surface area contributed by atoms with Gasteiger partial charge in [-0.25, -0.2) is 9.67 Å². The van der Waals surface area contributed by atoms with Gasteiger partial charge in [0.15, 0.2) is 11.2 Å². The van der Waals surface area contributed by atoms with E-state index in [9.17, 15) is 14.4 Å². The molecule has 1 atom stereocenters. The van der Waals surface area contributed by atoms with Crippen LogP contribution in [0.4, 0.5) is 0 Å². The van der Waals surface area contributed by atoms with Crippen molar-refractivity contribution in [3.63, 3.8) is 0 Å². The first-order chi connectivity index (χ1) is 14.5. The van der Waals surface area contributed by atoms with Crippen molar-refractivity contribution in [2.24, 2.45) is 13.0 Å². The molecule has 0 saturated carbocycles. The molecular formula is C21H23N5O4. The number of carbonyl (C=O) groups excluding carboxylic acids is 2. The van der Waals surface area contributed by atoms with Crippen LogP contribution in [0.15, 0.2) is 41.5 Å². The fourth-order valence-corrected chi connectivity index (χ4v) is 3.75. The number of hydrogen-bond acceptors (Lipinski definition) is 6. The van der Waals surface area contributed by atoms with Gasteiger partial charge in [-0.15, -0.1) is 0 Å². The molecule has 0 radical (unpaired) electrons. The summed E-state index contributed by atoms with van der Waals surface area (Å²) in [7, 11) is 1.60. The van der Waals surface area contributed by atoms with Crippen molar-refractivity contribution < 1.29 is 14.3 Å². The lowest BCUT2D eigenvalue weighted by atomic mass is 9.98. The van der Waals surface area contributed by atoms with Crippen LogP contribution in [0.25, 0.3) is 16.7 Å². The predicted molar refractivity (Wildman–Crippen MR) is 109 cm³/mol. The molecule has 1 fully saturated rings. The highest BCUT2D eigenvalue weighted by Gasteiger charge is 2.32. The first kappa shape index (κ1) is 19.8. The number of rotatable bonds is 4. The highest BCUT2D eigenvalue weighted by Crippen LogP contribution is 2.23. The van der Waals surface area contributed by atoms with Crippen LogP contribution in [-0.2, 0) is 16.6 Å². The number of fused-ring (bicyclic) bond motifs is 1. The lowest BCUT2D eigenvalue weighted by Gasteiger charge is -2.31. The highest BCUT2D eigenvalue weighted by atomic mass is 16.5. The van der Waals surface area contributed by atoms with Crippen molar-refractivity contribution in [3.8, 4) is 5.69 Å². The first-order valence-electron chi connectivity index (χ1n) is 9.97. The Morgan fingerprint density at radius 2 is 2.00 bits per heavy atom. The predicted octanol–water partition coefficient (Wildman–Crippen LogP) is 1.53. The molecule has 30 heavy (non-hydrogen) atoms. The zero-order valence-corrected chi connectivity index (χ0v) is 16.9. The summed E-state index contributed by atoms with van der Waals surface area (Å²) in [5.74, 6) is -0.989. The number of esters is 1. The fourth-order valence-electron chi connectivity index (χ4n) is 3.75. The molecular weight excluding hydrogens is 386 g/mol. The summed E-state index contributed by atoms with van der Waals surface area (Å²) in [5, 5.41) is 4.48. The van der Waals surface area contributed by atoms with Crippen LogP contribution in [0.3, 0.4) is 0 Å². The minimum atomic E-state index is -0.356. The molecule has 1 aromatic carbocycles. The summed E-state index contributed by atoms with van der Waals surface area (Å²) in [6.45, 7) is 2.85. The van der Waals surface area contributed by atoms with Gasteiger partial charge in [-0.3, -0.25) is 14.4 Å². The quantitative estimate of drug-likeness (QED) is 0.606. The third-order valence-electron chi connectivity index (χ3n) is 5.28. The summed E-state index contributed by atoms with van der Waals surface area (Å²) in [4.78, 5) is 44.2. The van der Waals surface area contributed by atoms with Crippen LogP contribution in [0.5, 0.6) is 0 Å². The Hall–Kier alpha value is -3.49. The Balaban J connectivity index is 1.76. The van der Waals surface area contributed by atoms with E-state index in [1.54, 1.807) is 18.9 Å². The molecule has 0 N–H and O–H groups in total. The Kier molecular flexibility index (Phi) is 5.35. The standard InChI is InChI=1S/C21H23N5O4/c1-3-30-21(29)14-8-7-11-25(12-14)19(27)17-16-18(20(28)24(2)13-22-16)26(23-17)15-9-5-4-6-10-15/h4-6,9-10,13-14H,3,7-8,11-12H2,1-2H3. The highest BCUT2D eigenvalue weighted by molar-refractivity contribution is 6.03. The van der Waals surface area contributed by atoms with E-state index in [0.717, 1.165) is 0 Å². The third-order valence-corrected chi connectivity index (χ3v) is 5.28. The average molecular weight is 409 g/mol. The second-order valence-corrected chi connectivity index (χ2v) is 7.30. The Bertz CT molecular complexity index is 1150. The van der Waals surface area contributed by atoms with E-state index in [-0.39, 0.29) is 46.6 Å². The number of aryl methyl sites for hydroxylation is 1. The SMILES string of the molecule is CCOC(=O)C1CCCN(C(=O)c2nn(-c3ccccc3)c3c(=O)n(C)cnc23)C1. The van der Waals surface area contributed by atoms with Gasteiger partial charge < -0.3 is 14.2 Å². The largest absolute Gasteiger partial charge is 0.466 e. The average Bonchev–Trinajstić information content (AvgIpc) is 3.17. The van der Waals surface area contributed by atoms with Gasteiger partial charge in [0, 0.05) is 20.1 Å². The normalized spacial score (nSPS) is 16.6. The fraction of sp³-hybridized carbons (Fsp3) is 0.381. The minimum absolute atomic E-state index is 0.107. The molecule has 1 unspecified atom stereocenters. The van der Waals surface area contributed by atoms with Gasteiger partial charge in [-0.1, -0.05) is 18.2 Å². The topological polar surface area (TPSA) is 99.3 Å². The number of piperidine rings is 1. The van der Waals surface area contributed by atoms with Crippen LogP contribution in [-0.4, -0.2) is 55.8 Å². The van der Waals surface area contributed by atoms with Gasteiger partial charge in [-0.05, 0) is 31.9 Å². The molecule has 0 bridgehead atoms. The Morgan fingerprint density at radius 1 is 1.23 bits per heavy atom. The number of carbonyl (C=O) groups is 2. The van der Waals surface area contributed by atoms with Crippen molar-refractivity contribution in [2.75, 3.05) is 19.7 Å². The van der Waals surface area contributed by atoms with Gasteiger partial charge in [0.25, 0.3) is 11.5 Å². The van der Waals surface area contributed by atoms with Gasteiger partial charge in [0.1, 0.15) is 5.52 Å². The van der Waals surface area contributed by atoms with Gasteiger partial charge in [-0.2, -0.15) is 5.10 Å². The Labute approximate surface area is 172 Å². The second kappa shape index (κ2) is 8.10. The molecule has 1 aliphatic heterocycles. The maximum Gasteiger partial charge on any atom is 0.310 e. The number of amides is 1. The maximum atomic E-state index is 13.3. The van der Waals surface area contributed by atoms with Crippen molar-refractivity contribution in [3.05, 3.63) is 52.7 Å². The van der Waals surface area contributed by atoms with E-state index >= 15 is 0 Å². The lowest BCUT2D eigenvalue weighted by molar-refractivity contribution is -0.149. The molecule has 1 saturated heterocycles. The smallest absolute Gasteiger partial charge is 0.310 e. The number of aromatic nitrogens is 4. The van der Waals surface area contributed by atoms with E-state index in [4.69, 9.17) is 4.74 Å². The molecule has 1 amide bonds. The number of benzene rings is 1. The minimum Gasteiger partial charge on any atom is -0.466 e. The molecule has 2 aromatic heterocycles. The summed E-state index contributed by atoms with van der Waals surface area (Å²) in [6.07, 6.45) is 2.76. The van der Waals surface area contributed by atoms with Gasteiger partial charge >= 0.3 is 5.97 Å². The molecule has 3 aromatic rings. The number of likely N-dealkylation sites (tertiary alicyclic amines) is 1. The van der Waals surface area contributed by atoms with Crippen molar-refractivity contribution >= 4 is 22.9 Å². The zero-order chi connectivity index (χ0) is 21.3. The maximum absolute atomic E-state index is 13.3. The third kappa shape index (κ3) is 3.47. The van der Waals surface area contributed by atoms with Crippen LogP contribution < -0.4 is 5.56 Å². The van der Waals surface area contributed by atoms with Crippen LogP contribution in [0.1, 0.15) is 30.3 Å². The van der Waals surface area contributed by atoms with E-state index < -0.39 is 0 Å². The van der Waals surface area contributed by atoms with E-state index in [2.05, 4.69) is 10.1 Å². The summed E-state index contributed by atoms with van der Waals surface area (Å²) < 4.78 is 7.94. The van der Waals surface area contributed by atoms with Crippen LogP contribution >= 0.6 is 0 Å². The first-order valence-corrected chi connectivity index (χ1v) is 9.97. The Morgan fingerprint density at radius 3 is 2.73 bits per heavy atom. The van der Waals surface area contributed by atoms with E-state index in [0.29, 0.717) is 31.7 Å². The molecule has 9 heteroatoms. The molecule has 156 valence electrons. The van der Waals surface area contributed by atoms with Gasteiger partial charge in [0.2, 0.25) is 0 Å². The number of nitrogens with zero attached hydrogens (tertiary/aromatic N) is 5. The monoisotopic (exact) mass is 409 g/mol. The summed E-state index contributed by atoms with van der Waals surface area (Å²) in [6, 6.07) is 9.15. The van der Waals surface area contributed by atoms with Crippen molar-refractivity contribution in [1.82, 2.24) is 24.2 Å². The van der Waals surface area contributed by atoms with Gasteiger partial charge in [0.05, 0.1) is 24.5 Å². The molecule has 0 aliphatic carbocycles. The van der Waals surface area contributed by atoms with Crippen molar-refractivity contribution in [1.29, 1.82) is 0 Å². The van der Waals surface area contributed by atoms with E-state index in [1.165, 1.54) is 15.6 Å². The lowest BCUT2D eigenvalue weighted by Crippen LogP contribution is -2.43. The number of ether oxygens (including phenoxy) is 1.